The van der Waals surface area contributed by atoms with Crippen LogP contribution in [0.5, 0.6) is 0 Å². The molecule has 6 nitrogen and oxygen atoms in total. The number of nitrogens with zero attached hydrogens (tertiary/aromatic N) is 2. The topological polar surface area (TPSA) is 69.7 Å². The van der Waals surface area contributed by atoms with Gasteiger partial charge in [-0.1, -0.05) is 6.07 Å². The van der Waals surface area contributed by atoms with Gasteiger partial charge in [0.2, 0.25) is 15.9 Å². The summed E-state index contributed by atoms with van der Waals surface area (Å²) in [6.07, 6.45) is 1.44. The summed E-state index contributed by atoms with van der Waals surface area (Å²) in [7, 11) is -3.67. The largest absolute Gasteiger partial charge is 0.354 e. The van der Waals surface area contributed by atoms with Crippen LogP contribution in [-0.4, -0.2) is 62.3 Å². The number of thiophene rings is 1. The lowest BCUT2D eigenvalue weighted by atomic mass is 10.2. The number of carbonyl (C=O) groups is 1. The molecule has 1 aliphatic heterocycles. The Morgan fingerprint density at radius 2 is 1.93 bits per heavy atom. The van der Waals surface area contributed by atoms with Crippen molar-refractivity contribution in [1.82, 2.24) is 14.5 Å². The lowest BCUT2D eigenvalue weighted by Gasteiger charge is -2.27. The highest BCUT2D eigenvalue weighted by Gasteiger charge is 2.29. The Bertz CT molecular complexity index is 902. The van der Waals surface area contributed by atoms with Gasteiger partial charge in [0.1, 0.15) is 5.82 Å². The van der Waals surface area contributed by atoms with Crippen LogP contribution < -0.4 is 5.32 Å². The molecular formula is C20H26FN3O3S2. The number of sulfonamides is 1. The van der Waals surface area contributed by atoms with E-state index in [1.54, 1.807) is 11.3 Å². The van der Waals surface area contributed by atoms with Crippen LogP contribution in [0.2, 0.25) is 0 Å². The van der Waals surface area contributed by atoms with Crippen molar-refractivity contribution >= 4 is 27.3 Å². The molecule has 1 aromatic carbocycles. The third kappa shape index (κ3) is 5.63. The van der Waals surface area contributed by atoms with Gasteiger partial charge in [-0.05, 0) is 55.5 Å². The Morgan fingerprint density at radius 1 is 1.17 bits per heavy atom. The van der Waals surface area contributed by atoms with Gasteiger partial charge < -0.3 is 5.32 Å². The fourth-order valence-corrected chi connectivity index (χ4v) is 5.55. The second-order valence-corrected chi connectivity index (χ2v) is 10.0. The first-order chi connectivity index (χ1) is 13.9. The Hall–Kier alpha value is -1.81. The summed E-state index contributed by atoms with van der Waals surface area (Å²) in [6.45, 7) is 4.23. The number of hydrogen-bond donors (Lipinski definition) is 1. The minimum absolute atomic E-state index is 0.0450. The van der Waals surface area contributed by atoms with Gasteiger partial charge in [0.05, 0.1) is 10.9 Å². The third-order valence-electron chi connectivity index (χ3n) is 5.12. The maximum Gasteiger partial charge on any atom is 0.243 e. The molecule has 0 bridgehead atoms. The van der Waals surface area contributed by atoms with Gasteiger partial charge in [-0.15, -0.1) is 11.3 Å². The minimum Gasteiger partial charge on any atom is -0.354 e. The molecule has 0 aliphatic carbocycles. The number of nitrogens with one attached hydrogen (secondary N) is 1. The number of rotatable bonds is 7. The van der Waals surface area contributed by atoms with E-state index in [1.807, 2.05) is 29.3 Å². The van der Waals surface area contributed by atoms with E-state index in [0.717, 1.165) is 18.6 Å². The van der Waals surface area contributed by atoms with Crippen molar-refractivity contribution in [3.8, 4) is 0 Å². The van der Waals surface area contributed by atoms with Crippen LogP contribution in [0.1, 0.15) is 18.2 Å². The van der Waals surface area contributed by atoms with Crippen LogP contribution in [0.3, 0.4) is 0 Å². The molecule has 1 fully saturated rings. The lowest BCUT2D eigenvalue weighted by Crippen LogP contribution is -2.47. The second kappa shape index (κ2) is 9.80. The first-order valence-electron chi connectivity index (χ1n) is 9.68. The van der Waals surface area contributed by atoms with Crippen LogP contribution in [0.4, 0.5) is 4.39 Å². The molecule has 1 aromatic heterocycles. The summed E-state index contributed by atoms with van der Waals surface area (Å²) in [4.78, 5) is 15.8. The average Bonchev–Trinajstić information content (AvgIpc) is 3.09. The molecule has 1 atom stereocenters. The lowest BCUT2D eigenvalue weighted by molar-refractivity contribution is -0.125. The van der Waals surface area contributed by atoms with Crippen molar-refractivity contribution in [3.63, 3.8) is 0 Å². The standard InChI is InChI=1S/C20H26FN3O3S2/c1-16(20(25)22-10-9-18-4-2-15-28-18)23-11-3-12-24(14-13-23)29(26,27)19-7-5-17(21)6-8-19/h2,4-8,15-16H,3,9-14H2,1H3,(H,22,25)/t16-/m1/s1. The molecule has 2 heterocycles. The van der Waals surface area contributed by atoms with E-state index < -0.39 is 15.8 Å². The summed E-state index contributed by atoms with van der Waals surface area (Å²) in [5.74, 6) is -0.513. The fourth-order valence-electron chi connectivity index (χ4n) is 3.37. The normalized spacial score (nSPS) is 17.6. The minimum atomic E-state index is -3.67. The SMILES string of the molecule is C[C@H](C(=O)NCCc1cccs1)N1CCCN(S(=O)(=O)c2ccc(F)cc2)CC1. The van der Waals surface area contributed by atoms with Gasteiger partial charge in [0.25, 0.3) is 0 Å². The molecule has 29 heavy (non-hydrogen) atoms. The van der Waals surface area contributed by atoms with Crippen LogP contribution in [-0.2, 0) is 21.2 Å². The van der Waals surface area contributed by atoms with Crippen LogP contribution in [0, 0.1) is 5.82 Å². The van der Waals surface area contributed by atoms with Gasteiger partial charge in [0.15, 0.2) is 0 Å². The second-order valence-electron chi connectivity index (χ2n) is 7.04. The predicted octanol–water partition coefficient (Wildman–Crippen LogP) is 2.33. The summed E-state index contributed by atoms with van der Waals surface area (Å²) in [5.41, 5.74) is 0. The molecule has 158 valence electrons. The van der Waals surface area contributed by atoms with E-state index in [9.17, 15) is 17.6 Å². The number of hydrogen-bond acceptors (Lipinski definition) is 5. The summed E-state index contributed by atoms with van der Waals surface area (Å²) in [5, 5.41) is 4.99. The smallest absolute Gasteiger partial charge is 0.243 e. The maximum absolute atomic E-state index is 13.1. The molecule has 9 heteroatoms. The quantitative estimate of drug-likeness (QED) is 0.719. The highest BCUT2D eigenvalue weighted by atomic mass is 32.2. The molecule has 1 aliphatic rings. The highest BCUT2D eigenvalue weighted by Crippen LogP contribution is 2.19. The van der Waals surface area contributed by atoms with E-state index in [2.05, 4.69) is 5.32 Å². The van der Waals surface area contributed by atoms with Gasteiger partial charge in [-0.25, -0.2) is 12.8 Å². The number of benzene rings is 1. The van der Waals surface area contributed by atoms with Crippen molar-refractivity contribution < 1.29 is 17.6 Å². The molecule has 0 saturated carbocycles. The zero-order valence-electron chi connectivity index (χ0n) is 16.4. The number of carbonyl (C=O) groups excluding carboxylic acids is 1. The van der Waals surface area contributed by atoms with Crippen molar-refractivity contribution in [2.45, 2.75) is 30.7 Å². The monoisotopic (exact) mass is 439 g/mol. The maximum atomic E-state index is 13.1. The highest BCUT2D eigenvalue weighted by molar-refractivity contribution is 7.89. The molecule has 0 spiro atoms. The summed E-state index contributed by atoms with van der Waals surface area (Å²) >= 11 is 1.67. The van der Waals surface area contributed by atoms with Gasteiger partial charge in [0, 0.05) is 37.6 Å². The molecule has 3 rings (SSSR count). The Kier molecular flexibility index (Phi) is 7.39. The van der Waals surface area contributed by atoms with Crippen LogP contribution in [0.15, 0.2) is 46.7 Å². The fraction of sp³-hybridized carbons (Fsp3) is 0.450. The first kappa shape index (κ1) is 21.9. The van der Waals surface area contributed by atoms with E-state index >= 15 is 0 Å². The van der Waals surface area contributed by atoms with E-state index in [-0.39, 0.29) is 16.8 Å². The van der Waals surface area contributed by atoms with Crippen molar-refractivity contribution in [2.24, 2.45) is 0 Å². The molecule has 1 N–H and O–H groups in total. The molecule has 0 unspecified atom stereocenters. The first-order valence-corrected chi connectivity index (χ1v) is 12.0. The van der Waals surface area contributed by atoms with Gasteiger partial charge in [-0.3, -0.25) is 9.69 Å². The van der Waals surface area contributed by atoms with Crippen LogP contribution in [0.25, 0.3) is 0 Å². The third-order valence-corrected chi connectivity index (χ3v) is 7.97. The van der Waals surface area contributed by atoms with Crippen LogP contribution >= 0.6 is 11.3 Å². The molecule has 1 saturated heterocycles. The van der Waals surface area contributed by atoms with E-state index in [0.29, 0.717) is 39.1 Å². The van der Waals surface area contributed by atoms with Gasteiger partial charge >= 0.3 is 0 Å². The van der Waals surface area contributed by atoms with Gasteiger partial charge in [-0.2, -0.15) is 4.31 Å². The zero-order valence-corrected chi connectivity index (χ0v) is 18.0. The van der Waals surface area contributed by atoms with E-state index in [4.69, 9.17) is 0 Å². The van der Waals surface area contributed by atoms with Crippen molar-refractivity contribution in [2.75, 3.05) is 32.7 Å². The molecule has 2 aromatic rings. The molecular weight excluding hydrogens is 413 g/mol. The summed E-state index contributed by atoms with van der Waals surface area (Å²) < 4.78 is 40.2. The Labute approximate surface area is 175 Å². The molecule has 1 amide bonds. The number of amides is 1. The number of halogens is 1. The van der Waals surface area contributed by atoms with E-state index in [1.165, 1.54) is 21.3 Å². The Morgan fingerprint density at radius 3 is 2.62 bits per heavy atom. The Balaban J connectivity index is 1.54. The van der Waals surface area contributed by atoms with Crippen molar-refractivity contribution in [3.05, 3.63) is 52.5 Å². The van der Waals surface area contributed by atoms with Crippen molar-refractivity contribution in [1.29, 1.82) is 0 Å². The molecule has 0 radical (unpaired) electrons. The zero-order chi connectivity index (χ0) is 20.9. The summed E-state index contributed by atoms with van der Waals surface area (Å²) in [6, 6.07) is 8.60. The average molecular weight is 440 g/mol. The predicted molar refractivity (Wildman–Crippen MR) is 112 cm³/mol.